The number of aryl methyl sites for hydroxylation is 2. The monoisotopic (exact) mass is 458 g/mol. The van der Waals surface area contributed by atoms with Crippen LogP contribution in [-0.4, -0.2) is 23.0 Å². The Hall–Kier alpha value is -3.22. The fraction of sp³-hybridized carbons (Fsp3) is 0.357. The van der Waals surface area contributed by atoms with E-state index in [1.54, 1.807) is 6.26 Å². The Morgan fingerprint density at radius 1 is 0.882 bits per heavy atom. The number of hydrogen-bond acceptors (Lipinski definition) is 6. The molecule has 0 aliphatic carbocycles. The van der Waals surface area contributed by atoms with Gasteiger partial charge in [-0.05, 0) is 73.9 Å². The highest BCUT2D eigenvalue weighted by atomic mass is 16.7. The molecule has 3 heterocycles. The summed E-state index contributed by atoms with van der Waals surface area (Å²) in [5, 5.41) is 4.26. The van der Waals surface area contributed by atoms with Crippen molar-refractivity contribution in [3.05, 3.63) is 83.9 Å². The number of rotatable bonds is 10. The van der Waals surface area contributed by atoms with Crippen LogP contribution in [0.15, 0.2) is 75.9 Å². The minimum Gasteiger partial charge on any atom is -0.464 e. The van der Waals surface area contributed by atoms with E-state index in [1.807, 2.05) is 30.3 Å². The Labute approximate surface area is 199 Å². The molecule has 1 fully saturated rings. The quantitative estimate of drug-likeness (QED) is 0.249. The van der Waals surface area contributed by atoms with Gasteiger partial charge in [0.1, 0.15) is 5.76 Å². The first-order valence-corrected chi connectivity index (χ1v) is 12.1. The van der Waals surface area contributed by atoms with Crippen LogP contribution < -0.4 is 0 Å². The summed E-state index contributed by atoms with van der Waals surface area (Å²) < 4.78 is 22.9. The Morgan fingerprint density at radius 3 is 2.62 bits per heavy atom. The molecular formula is C28H30N2O4. The predicted molar refractivity (Wildman–Crippen MR) is 129 cm³/mol. The minimum atomic E-state index is -0.123. The lowest BCUT2D eigenvalue weighted by molar-refractivity contribution is -0.168. The lowest BCUT2D eigenvalue weighted by Crippen LogP contribution is -2.22. The van der Waals surface area contributed by atoms with E-state index in [0.29, 0.717) is 18.3 Å². The zero-order valence-corrected chi connectivity index (χ0v) is 19.3. The average molecular weight is 459 g/mol. The topological polar surface area (TPSA) is 70.5 Å². The molecule has 2 aromatic carbocycles. The van der Waals surface area contributed by atoms with E-state index in [1.165, 1.54) is 5.56 Å². The molecule has 2 aromatic heterocycles. The molecule has 5 rings (SSSR count). The van der Waals surface area contributed by atoms with Gasteiger partial charge in [-0.15, -0.1) is 0 Å². The highest BCUT2D eigenvalue weighted by molar-refractivity contribution is 5.78. The largest absolute Gasteiger partial charge is 0.464 e. The second-order valence-corrected chi connectivity index (χ2v) is 8.67. The Morgan fingerprint density at radius 2 is 1.79 bits per heavy atom. The first-order valence-electron chi connectivity index (χ1n) is 12.1. The van der Waals surface area contributed by atoms with Crippen LogP contribution >= 0.6 is 0 Å². The van der Waals surface area contributed by atoms with E-state index in [4.69, 9.17) is 18.4 Å². The summed E-state index contributed by atoms with van der Waals surface area (Å²) in [6.45, 7) is 1.26. The molecule has 0 saturated carbocycles. The van der Waals surface area contributed by atoms with Crippen LogP contribution in [-0.2, 0) is 28.9 Å². The van der Waals surface area contributed by atoms with Gasteiger partial charge in [-0.1, -0.05) is 41.6 Å². The third kappa shape index (κ3) is 5.82. The average Bonchev–Trinajstić information content (AvgIpc) is 3.59. The van der Waals surface area contributed by atoms with E-state index >= 15 is 0 Å². The summed E-state index contributed by atoms with van der Waals surface area (Å²) in [6, 6.07) is 20.5. The zero-order chi connectivity index (χ0) is 23.0. The van der Waals surface area contributed by atoms with Gasteiger partial charge in [0, 0.05) is 24.2 Å². The number of unbranched alkanes of at least 4 members (excludes halogenated alkanes) is 1. The number of furan rings is 1. The third-order valence-electron chi connectivity index (χ3n) is 6.10. The first kappa shape index (κ1) is 22.6. The van der Waals surface area contributed by atoms with Gasteiger partial charge in [-0.3, -0.25) is 0 Å². The number of benzene rings is 2. The maximum atomic E-state index is 5.98. The Bertz CT molecular complexity index is 1150. The van der Waals surface area contributed by atoms with Crippen LogP contribution in [0.4, 0.5) is 0 Å². The SMILES string of the molecule is c1ccc(CCCCc2nc(-c3ccc(COC4CCCCO4)cc3-c3ccco3)no2)cc1. The van der Waals surface area contributed by atoms with Crippen LogP contribution in [0, 0.1) is 0 Å². The molecule has 34 heavy (non-hydrogen) atoms. The van der Waals surface area contributed by atoms with Gasteiger partial charge < -0.3 is 18.4 Å². The molecule has 0 radical (unpaired) electrons. The van der Waals surface area contributed by atoms with Crippen molar-refractivity contribution in [2.45, 2.75) is 57.8 Å². The van der Waals surface area contributed by atoms with E-state index < -0.39 is 0 Å². The molecule has 1 unspecified atom stereocenters. The normalized spacial score (nSPS) is 16.1. The fourth-order valence-electron chi connectivity index (χ4n) is 4.26. The molecule has 0 N–H and O–H groups in total. The van der Waals surface area contributed by atoms with Crippen molar-refractivity contribution < 1.29 is 18.4 Å². The van der Waals surface area contributed by atoms with Crippen molar-refractivity contribution in [3.8, 4) is 22.7 Å². The molecule has 0 amide bonds. The van der Waals surface area contributed by atoms with Gasteiger partial charge in [-0.25, -0.2) is 0 Å². The van der Waals surface area contributed by atoms with Crippen LogP contribution in [0.5, 0.6) is 0 Å². The molecule has 176 valence electrons. The van der Waals surface area contributed by atoms with Crippen molar-refractivity contribution >= 4 is 0 Å². The smallest absolute Gasteiger partial charge is 0.226 e. The second kappa shape index (κ2) is 11.3. The molecule has 6 nitrogen and oxygen atoms in total. The summed E-state index contributed by atoms with van der Waals surface area (Å²) in [4.78, 5) is 4.67. The van der Waals surface area contributed by atoms with Crippen LogP contribution in [0.3, 0.4) is 0 Å². The lowest BCUT2D eigenvalue weighted by atomic mass is 10.0. The summed E-state index contributed by atoms with van der Waals surface area (Å²) >= 11 is 0. The molecule has 0 bridgehead atoms. The molecule has 1 atom stereocenters. The molecule has 1 aliphatic rings. The van der Waals surface area contributed by atoms with Crippen LogP contribution in [0.1, 0.15) is 49.1 Å². The van der Waals surface area contributed by atoms with Gasteiger partial charge in [-0.2, -0.15) is 4.98 Å². The van der Waals surface area contributed by atoms with Crippen molar-refractivity contribution in [2.75, 3.05) is 6.61 Å². The van der Waals surface area contributed by atoms with E-state index in [2.05, 4.69) is 40.5 Å². The summed E-state index contributed by atoms with van der Waals surface area (Å²) in [7, 11) is 0. The fourth-order valence-corrected chi connectivity index (χ4v) is 4.26. The summed E-state index contributed by atoms with van der Waals surface area (Å²) in [6.07, 6.45) is 8.65. The third-order valence-corrected chi connectivity index (χ3v) is 6.10. The summed E-state index contributed by atoms with van der Waals surface area (Å²) in [5.41, 5.74) is 4.21. The number of ether oxygens (including phenoxy) is 2. The molecule has 1 saturated heterocycles. The maximum absolute atomic E-state index is 5.98. The molecule has 0 spiro atoms. The lowest BCUT2D eigenvalue weighted by Gasteiger charge is -2.22. The van der Waals surface area contributed by atoms with E-state index in [-0.39, 0.29) is 6.29 Å². The maximum Gasteiger partial charge on any atom is 0.226 e. The predicted octanol–water partition coefficient (Wildman–Crippen LogP) is 6.61. The number of hydrogen-bond donors (Lipinski definition) is 0. The standard InChI is InChI=1S/C28H30N2O4/c1-2-9-21(10-3-1)11-4-5-13-26-29-28(30-34-26)23-16-15-22(19-24(23)25-12-8-18-31-25)20-33-27-14-6-7-17-32-27/h1-3,8-10,12,15-16,18-19,27H,4-7,11,13-14,17,20H2. The van der Waals surface area contributed by atoms with Gasteiger partial charge in [0.2, 0.25) is 11.7 Å². The van der Waals surface area contributed by atoms with Gasteiger partial charge in [0.15, 0.2) is 6.29 Å². The molecule has 6 heteroatoms. The van der Waals surface area contributed by atoms with Crippen LogP contribution in [0.2, 0.25) is 0 Å². The van der Waals surface area contributed by atoms with Crippen molar-refractivity contribution in [2.24, 2.45) is 0 Å². The second-order valence-electron chi connectivity index (χ2n) is 8.67. The molecule has 1 aliphatic heterocycles. The van der Waals surface area contributed by atoms with Crippen molar-refractivity contribution in [3.63, 3.8) is 0 Å². The minimum absolute atomic E-state index is 0.123. The summed E-state index contributed by atoms with van der Waals surface area (Å²) in [5.74, 6) is 2.00. The van der Waals surface area contributed by atoms with Gasteiger partial charge in [0.05, 0.1) is 12.9 Å². The van der Waals surface area contributed by atoms with Crippen molar-refractivity contribution in [1.82, 2.24) is 10.1 Å². The highest BCUT2D eigenvalue weighted by Crippen LogP contribution is 2.32. The van der Waals surface area contributed by atoms with Gasteiger partial charge in [0.25, 0.3) is 0 Å². The zero-order valence-electron chi connectivity index (χ0n) is 19.3. The highest BCUT2D eigenvalue weighted by Gasteiger charge is 2.18. The molecule has 4 aromatic rings. The van der Waals surface area contributed by atoms with E-state index in [0.717, 1.165) is 74.0 Å². The number of aromatic nitrogens is 2. The van der Waals surface area contributed by atoms with Gasteiger partial charge >= 0.3 is 0 Å². The Kier molecular flexibility index (Phi) is 7.48. The Balaban J connectivity index is 1.25. The van der Waals surface area contributed by atoms with Crippen molar-refractivity contribution in [1.29, 1.82) is 0 Å². The molecular weight excluding hydrogens is 428 g/mol. The first-order chi connectivity index (χ1) is 16.8. The van der Waals surface area contributed by atoms with Crippen LogP contribution in [0.25, 0.3) is 22.7 Å². The van der Waals surface area contributed by atoms with E-state index in [9.17, 15) is 0 Å². The number of nitrogens with zero attached hydrogens (tertiary/aromatic N) is 2.